The molecule has 0 N–H and O–H groups in total. The number of nitriles is 1. The first-order chi connectivity index (χ1) is 10.2. The zero-order valence-corrected chi connectivity index (χ0v) is 12.0. The van der Waals surface area contributed by atoms with E-state index in [1.54, 1.807) is 24.3 Å². The Morgan fingerprint density at radius 2 is 1.76 bits per heavy atom. The van der Waals surface area contributed by atoms with Crippen molar-refractivity contribution in [2.45, 2.75) is 19.8 Å². The van der Waals surface area contributed by atoms with Crippen LogP contribution in [0.1, 0.15) is 40.4 Å². The number of benzene rings is 2. The molecule has 0 aromatic heterocycles. The van der Waals surface area contributed by atoms with Gasteiger partial charge >= 0.3 is 0 Å². The molecule has 2 aromatic rings. The highest BCUT2D eigenvalue weighted by atomic mass is 16.1. The molecule has 0 aliphatic heterocycles. The number of hydrogen-bond acceptors (Lipinski definition) is 2. The van der Waals surface area contributed by atoms with Crippen LogP contribution in [0, 0.1) is 11.3 Å². The highest BCUT2D eigenvalue weighted by Crippen LogP contribution is 2.10. The fraction of sp³-hybridized carbons (Fsp3) is 0.158. The van der Waals surface area contributed by atoms with Crippen LogP contribution in [0.3, 0.4) is 0 Å². The summed E-state index contributed by atoms with van der Waals surface area (Å²) in [6, 6.07) is 17.0. The van der Waals surface area contributed by atoms with Crippen molar-refractivity contribution in [3.63, 3.8) is 0 Å². The van der Waals surface area contributed by atoms with E-state index >= 15 is 0 Å². The normalized spacial score (nSPS) is 10.5. The number of ketones is 1. The monoisotopic (exact) mass is 275 g/mol. The highest BCUT2D eigenvalue weighted by Gasteiger charge is 2.01. The van der Waals surface area contributed by atoms with E-state index in [1.165, 1.54) is 5.56 Å². The second-order valence-electron chi connectivity index (χ2n) is 4.88. The van der Waals surface area contributed by atoms with Crippen LogP contribution < -0.4 is 0 Å². The van der Waals surface area contributed by atoms with E-state index in [0.717, 1.165) is 18.4 Å². The lowest BCUT2D eigenvalue weighted by molar-refractivity contribution is 0.104. The summed E-state index contributed by atoms with van der Waals surface area (Å²) in [5.74, 6) is -0.0117. The Labute approximate surface area is 125 Å². The molecule has 21 heavy (non-hydrogen) atoms. The number of rotatable bonds is 5. The summed E-state index contributed by atoms with van der Waals surface area (Å²) in [6.07, 6.45) is 5.47. The molecule has 0 unspecified atom stereocenters. The van der Waals surface area contributed by atoms with Gasteiger partial charge in [-0.1, -0.05) is 55.8 Å². The van der Waals surface area contributed by atoms with E-state index < -0.39 is 0 Å². The fourth-order valence-electron chi connectivity index (χ4n) is 2.06. The number of carbonyl (C=O) groups is 1. The Hall–Kier alpha value is -2.66. The van der Waals surface area contributed by atoms with Gasteiger partial charge in [-0.05, 0) is 35.8 Å². The molecule has 104 valence electrons. The molecule has 0 aliphatic rings. The summed E-state index contributed by atoms with van der Waals surface area (Å²) in [5.41, 5.74) is 3.47. The van der Waals surface area contributed by atoms with Crippen molar-refractivity contribution in [2.75, 3.05) is 0 Å². The summed E-state index contributed by atoms with van der Waals surface area (Å²) in [4.78, 5) is 12.1. The minimum Gasteiger partial charge on any atom is -0.289 e. The van der Waals surface area contributed by atoms with Gasteiger partial charge in [-0.3, -0.25) is 4.79 Å². The Morgan fingerprint density at radius 1 is 1.10 bits per heavy atom. The van der Waals surface area contributed by atoms with Crippen molar-refractivity contribution in [3.05, 3.63) is 76.9 Å². The average molecular weight is 275 g/mol. The Balaban J connectivity index is 2.06. The maximum atomic E-state index is 12.1. The summed E-state index contributed by atoms with van der Waals surface area (Å²) in [7, 11) is 0. The molecule has 0 saturated carbocycles. The van der Waals surface area contributed by atoms with E-state index in [2.05, 4.69) is 13.0 Å². The zero-order valence-electron chi connectivity index (χ0n) is 12.0. The third-order valence-corrected chi connectivity index (χ3v) is 3.24. The van der Waals surface area contributed by atoms with Gasteiger partial charge in [0, 0.05) is 5.56 Å². The molecule has 0 radical (unpaired) electrons. The number of aryl methyl sites for hydroxylation is 1. The molecule has 0 atom stereocenters. The minimum absolute atomic E-state index is 0.0117. The second kappa shape index (κ2) is 7.21. The molecule has 2 rings (SSSR count). The lowest BCUT2D eigenvalue weighted by Gasteiger charge is -2.00. The first-order valence-corrected chi connectivity index (χ1v) is 7.04. The van der Waals surface area contributed by atoms with Gasteiger partial charge in [0.2, 0.25) is 0 Å². The third-order valence-electron chi connectivity index (χ3n) is 3.24. The van der Waals surface area contributed by atoms with E-state index in [0.29, 0.717) is 11.1 Å². The van der Waals surface area contributed by atoms with Gasteiger partial charge in [0.05, 0.1) is 11.6 Å². The fourth-order valence-corrected chi connectivity index (χ4v) is 2.06. The zero-order chi connectivity index (χ0) is 15.1. The van der Waals surface area contributed by atoms with Gasteiger partial charge in [0.1, 0.15) is 0 Å². The van der Waals surface area contributed by atoms with Crippen LogP contribution >= 0.6 is 0 Å². The van der Waals surface area contributed by atoms with Gasteiger partial charge in [-0.15, -0.1) is 0 Å². The Kier molecular flexibility index (Phi) is 5.06. The maximum Gasteiger partial charge on any atom is 0.185 e. The van der Waals surface area contributed by atoms with Crippen molar-refractivity contribution in [3.8, 4) is 6.07 Å². The first-order valence-electron chi connectivity index (χ1n) is 7.04. The summed E-state index contributed by atoms with van der Waals surface area (Å²) >= 11 is 0. The van der Waals surface area contributed by atoms with Gasteiger partial charge in [-0.25, -0.2) is 0 Å². The molecule has 0 amide bonds. The molecule has 0 saturated heterocycles. The van der Waals surface area contributed by atoms with Crippen LogP contribution in [0.15, 0.2) is 54.6 Å². The molecule has 0 spiro atoms. The van der Waals surface area contributed by atoms with Crippen molar-refractivity contribution < 1.29 is 4.79 Å². The Morgan fingerprint density at radius 3 is 2.33 bits per heavy atom. The van der Waals surface area contributed by atoms with E-state index in [-0.39, 0.29) is 5.78 Å². The smallest absolute Gasteiger partial charge is 0.185 e. The maximum absolute atomic E-state index is 12.1. The van der Waals surface area contributed by atoms with Crippen molar-refractivity contribution in [2.24, 2.45) is 0 Å². The van der Waals surface area contributed by atoms with Crippen molar-refractivity contribution >= 4 is 11.9 Å². The predicted octanol–water partition coefficient (Wildman–Crippen LogP) is 4.41. The van der Waals surface area contributed by atoms with Crippen LogP contribution in [0.4, 0.5) is 0 Å². The van der Waals surface area contributed by atoms with Gasteiger partial charge in [-0.2, -0.15) is 5.26 Å². The standard InChI is InChI=1S/C19H17NO/c1-2-3-15-8-11-18(12-9-15)19(21)13-10-16-4-6-17(14-20)7-5-16/h4-13H,2-3H2,1H3/b13-10+. The molecule has 0 aliphatic carbocycles. The average Bonchev–Trinajstić information content (AvgIpc) is 2.54. The minimum atomic E-state index is -0.0117. The van der Waals surface area contributed by atoms with Crippen molar-refractivity contribution in [1.29, 1.82) is 5.26 Å². The number of allylic oxidation sites excluding steroid dienone is 1. The largest absolute Gasteiger partial charge is 0.289 e. The van der Waals surface area contributed by atoms with E-state index in [9.17, 15) is 4.79 Å². The molecular weight excluding hydrogens is 258 g/mol. The lowest BCUT2D eigenvalue weighted by Crippen LogP contribution is -1.94. The quantitative estimate of drug-likeness (QED) is 0.599. The summed E-state index contributed by atoms with van der Waals surface area (Å²) in [5, 5.41) is 8.73. The Bertz CT molecular complexity index is 673. The van der Waals surface area contributed by atoms with Crippen LogP contribution in [-0.2, 0) is 6.42 Å². The molecule has 2 nitrogen and oxygen atoms in total. The topological polar surface area (TPSA) is 40.9 Å². The van der Waals surface area contributed by atoms with E-state index in [1.807, 2.05) is 36.4 Å². The molecular formula is C19H17NO. The first kappa shape index (κ1) is 14.7. The summed E-state index contributed by atoms with van der Waals surface area (Å²) in [6.45, 7) is 2.14. The second-order valence-corrected chi connectivity index (χ2v) is 4.88. The number of carbonyl (C=O) groups excluding carboxylic acids is 1. The summed E-state index contributed by atoms with van der Waals surface area (Å²) < 4.78 is 0. The van der Waals surface area contributed by atoms with Crippen LogP contribution in [0.5, 0.6) is 0 Å². The van der Waals surface area contributed by atoms with E-state index in [4.69, 9.17) is 5.26 Å². The molecule has 2 aromatic carbocycles. The van der Waals surface area contributed by atoms with Crippen LogP contribution in [-0.4, -0.2) is 5.78 Å². The van der Waals surface area contributed by atoms with Gasteiger partial charge in [0.25, 0.3) is 0 Å². The predicted molar refractivity (Wildman–Crippen MR) is 85.0 cm³/mol. The molecule has 0 bridgehead atoms. The van der Waals surface area contributed by atoms with Crippen LogP contribution in [0.2, 0.25) is 0 Å². The van der Waals surface area contributed by atoms with Crippen LogP contribution in [0.25, 0.3) is 6.08 Å². The van der Waals surface area contributed by atoms with Crippen molar-refractivity contribution in [1.82, 2.24) is 0 Å². The molecule has 2 heteroatoms. The highest BCUT2D eigenvalue weighted by molar-refractivity contribution is 6.06. The number of nitrogens with zero attached hydrogens (tertiary/aromatic N) is 1. The van der Waals surface area contributed by atoms with Gasteiger partial charge < -0.3 is 0 Å². The lowest BCUT2D eigenvalue weighted by atomic mass is 10.0. The number of hydrogen-bond donors (Lipinski definition) is 0. The van der Waals surface area contributed by atoms with Gasteiger partial charge in [0.15, 0.2) is 5.78 Å². The molecule has 0 heterocycles. The SMILES string of the molecule is CCCc1ccc(C(=O)/C=C/c2ccc(C#N)cc2)cc1. The molecule has 0 fully saturated rings. The third kappa shape index (κ3) is 4.15.